The van der Waals surface area contributed by atoms with Gasteiger partial charge in [-0.15, -0.1) is 0 Å². The van der Waals surface area contributed by atoms with E-state index in [1.165, 1.54) is 50.5 Å². The van der Waals surface area contributed by atoms with Gasteiger partial charge in [0.1, 0.15) is 5.78 Å². The van der Waals surface area contributed by atoms with E-state index in [9.17, 15) is 4.79 Å². The van der Waals surface area contributed by atoms with Crippen LogP contribution in [0.2, 0.25) is 0 Å². The van der Waals surface area contributed by atoms with Gasteiger partial charge in [-0.25, -0.2) is 4.85 Å². The molecule has 0 N–H and O–H groups in total. The first-order valence-electron chi connectivity index (χ1n) is 8.62. The van der Waals surface area contributed by atoms with E-state index in [2.05, 4.69) is 17.8 Å². The molecule has 0 unspecified atom stereocenters. The van der Waals surface area contributed by atoms with E-state index in [-0.39, 0.29) is 5.41 Å². The molecule has 0 bridgehead atoms. The zero-order valence-electron chi connectivity index (χ0n) is 13.5. The molecule has 0 heterocycles. The molecule has 0 saturated heterocycles. The predicted octanol–water partition coefficient (Wildman–Crippen LogP) is 5.59. The average molecular weight is 295 g/mol. The first-order valence-corrected chi connectivity index (χ1v) is 8.62. The van der Waals surface area contributed by atoms with Gasteiger partial charge in [-0.1, -0.05) is 44.4 Å². The minimum Gasteiger partial charge on any atom is -0.299 e. The van der Waals surface area contributed by atoms with Gasteiger partial charge in [-0.05, 0) is 48.1 Å². The number of hydrogen-bond acceptors (Lipinski definition) is 1. The van der Waals surface area contributed by atoms with Crippen molar-refractivity contribution >= 4 is 11.5 Å². The van der Waals surface area contributed by atoms with E-state index in [4.69, 9.17) is 6.57 Å². The molecule has 2 saturated carbocycles. The molecule has 22 heavy (non-hydrogen) atoms. The minimum atomic E-state index is 0.227. The Balaban J connectivity index is 1.66. The summed E-state index contributed by atoms with van der Waals surface area (Å²) in [6.45, 7) is 9.55. The first kappa shape index (κ1) is 15.3. The normalized spacial score (nSPS) is 20.4. The summed E-state index contributed by atoms with van der Waals surface area (Å²) < 4.78 is 0. The fourth-order valence-electron chi connectivity index (χ4n) is 3.89. The van der Waals surface area contributed by atoms with Crippen molar-refractivity contribution in [2.75, 3.05) is 0 Å². The number of nitrogens with zero attached hydrogens (tertiary/aromatic N) is 1. The van der Waals surface area contributed by atoms with Crippen molar-refractivity contribution in [3.63, 3.8) is 0 Å². The van der Waals surface area contributed by atoms with Crippen molar-refractivity contribution in [2.24, 2.45) is 5.41 Å². The molecule has 0 aromatic heterocycles. The van der Waals surface area contributed by atoms with E-state index in [1.54, 1.807) is 0 Å². The van der Waals surface area contributed by atoms with Crippen molar-refractivity contribution in [1.82, 2.24) is 0 Å². The maximum absolute atomic E-state index is 12.5. The van der Waals surface area contributed by atoms with Crippen molar-refractivity contribution in [3.05, 3.63) is 40.7 Å². The molecular formula is C20H25NO. The Morgan fingerprint density at radius 3 is 2.64 bits per heavy atom. The van der Waals surface area contributed by atoms with Crippen molar-refractivity contribution < 1.29 is 4.79 Å². The Morgan fingerprint density at radius 2 is 2.00 bits per heavy atom. The Bertz CT molecular complexity index is 601. The number of rotatable bonds is 5. The predicted molar refractivity (Wildman–Crippen MR) is 89.2 cm³/mol. The third-order valence-corrected chi connectivity index (χ3v) is 5.32. The van der Waals surface area contributed by atoms with Gasteiger partial charge in [-0.2, -0.15) is 0 Å². The number of hydrogen-bond donors (Lipinski definition) is 0. The lowest BCUT2D eigenvalue weighted by Gasteiger charge is -2.33. The Morgan fingerprint density at radius 1 is 1.27 bits per heavy atom. The van der Waals surface area contributed by atoms with Gasteiger partial charge < -0.3 is 0 Å². The molecule has 2 heteroatoms. The van der Waals surface area contributed by atoms with Crippen LogP contribution < -0.4 is 0 Å². The van der Waals surface area contributed by atoms with Crippen LogP contribution in [0.3, 0.4) is 0 Å². The lowest BCUT2D eigenvalue weighted by Crippen LogP contribution is -2.24. The number of Topliss-reactive ketones (excluding diaryl/α,β-unsaturated/α-hetero) is 1. The summed E-state index contributed by atoms with van der Waals surface area (Å²) in [6, 6.07) is 6.00. The molecule has 2 aliphatic rings. The highest BCUT2D eigenvalue weighted by Gasteiger charge is 2.30. The second-order valence-corrected chi connectivity index (χ2v) is 7.54. The number of carbonyl (C=O) groups is 1. The highest BCUT2D eigenvalue weighted by Crippen LogP contribution is 2.45. The topological polar surface area (TPSA) is 21.4 Å². The summed E-state index contributed by atoms with van der Waals surface area (Å²) in [5.41, 5.74) is 3.27. The van der Waals surface area contributed by atoms with Crippen LogP contribution in [0.15, 0.2) is 18.2 Å². The molecule has 0 radical (unpaired) electrons. The van der Waals surface area contributed by atoms with E-state index in [1.807, 2.05) is 12.1 Å². The smallest absolute Gasteiger partial charge is 0.190 e. The standard InChI is InChI=1S/C20H25NO/c1-20(10-4-3-5-11-20)14-17(22)12-15-6-9-19(21-2)18(13-15)16-7-8-16/h6,9,13,16H,3-5,7-8,10-12,14H2,1H3. The first-order chi connectivity index (χ1) is 10.6. The molecule has 2 fully saturated rings. The van der Waals surface area contributed by atoms with Crippen molar-refractivity contribution in [2.45, 2.75) is 70.6 Å². The summed E-state index contributed by atoms with van der Waals surface area (Å²) in [7, 11) is 0. The van der Waals surface area contributed by atoms with Gasteiger partial charge in [0.15, 0.2) is 5.69 Å². The largest absolute Gasteiger partial charge is 0.299 e. The van der Waals surface area contributed by atoms with Gasteiger partial charge in [0, 0.05) is 12.8 Å². The lowest BCUT2D eigenvalue weighted by molar-refractivity contribution is -0.121. The van der Waals surface area contributed by atoms with Crippen LogP contribution in [-0.4, -0.2) is 5.78 Å². The molecule has 1 aromatic rings. The maximum atomic E-state index is 12.5. The number of benzene rings is 1. The Kier molecular flexibility index (Phi) is 4.34. The minimum absolute atomic E-state index is 0.227. The van der Waals surface area contributed by atoms with Crippen LogP contribution in [0.4, 0.5) is 5.69 Å². The van der Waals surface area contributed by atoms with E-state index >= 15 is 0 Å². The molecule has 2 aliphatic carbocycles. The van der Waals surface area contributed by atoms with Gasteiger partial charge in [0.05, 0.1) is 6.57 Å². The summed E-state index contributed by atoms with van der Waals surface area (Å²) in [4.78, 5) is 16.1. The number of ketones is 1. The number of carbonyl (C=O) groups excluding carboxylic acids is 1. The average Bonchev–Trinajstić information content (AvgIpc) is 3.31. The molecule has 0 atom stereocenters. The monoisotopic (exact) mass is 295 g/mol. The Hall–Kier alpha value is -1.62. The van der Waals surface area contributed by atoms with E-state index in [0.29, 0.717) is 18.1 Å². The fourth-order valence-corrected chi connectivity index (χ4v) is 3.89. The third-order valence-electron chi connectivity index (χ3n) is 5.32. The Labute approximate surface area is 133 Å². The van der Waals surface area contributed by atoms with E-state index in [0.717, 1.165) is 17.7 Å². The molecule has 0 spiro atoms. The molecule has 1 aromatic carbocycles. The van der Waals surface area contributed by atoms with Gasteiger partial charge in [0.25, 0.3) is 0 Å². The lowest BCUT2D eigenvalue weighted by atomic mass is 9.72. The molecule has 2 nitrogen and oxygen atoms in total. The highest BCUT2D eigenvalue weighted by molar-refractivity contribution is 5.81. The quantitative estimate of drug-likeness (QED) is 0.649. The van der Waals surface area contributed by atoms with E-state index < -0.39 is 0 Å². The molecule has 0 amide bonds. The summed E-state index contributed by atoms with van der Waals surface area (Å²) >= 11 is 0. The van der Waals surface area contributed by atoms with Crippen LogP contribution in [-0.2, 0) is 11.2 Å². The van der Waals surface area contributed by atoms with Crippen LogP contribution in [0.25, 0.3) is 4.85 Å². The zero-order valence-corrected chi connectivity index (χ0v) is 13.5. The van der Waals surface area contributed by atoms with Crippen molar-refractivity contribution in [3.8, 4) is 0 Å². The summed E-state index contributed by atoms with van der Waals surface area (Å²) in [5, 5.41) is 0. The van der Waals surface area contributed by atoms with Gasteiger partial charge >= 0.3 is 0 Å². The fraction of sp³-hybridized carbons (Fsp3) is 0.600. The summed E-state index contributed by atoms with van der Waals surface area (Å²) in [5.74, 6) is 0.928. The maximum Gasteiger partial charge on any atom is 0.190 e. The SMILES string of the molecule is [C-]#[N+]c1ccc(CC(=O)CC2(C)CCCCC2)cc1C1CC1. The zero-order chi connectivity index (χ0) is 15.6. The second kappa shape index (κ2) is 6.24. The van der Waals surface area contributed by atoms with Crippen LogP contribution in [0.5, 0.6) is 0 Å². The van der Waals surface area contributed by atoms with Gasteiger partial charge in [0.2, 0.25) is 0 Å². The third kappa shape index (κ3) is 3.58. The van der Waals surface area contributed by atoms with Crippen LogP contribution in [0.1, 0.15) is 75.3 Å². The second-order valence-electron chi connectivity index (χ2n) is 7.54. The summed E-state index contributed by atoms with van der Waals surface area (Å²) in [6.07, 6.45) is 9.91. The van der Waals surface area contributed by atoms with Crippen LogP contribution >= 0.6 is 0 Å². The molecule has 3 rings (SSSR count). The molecule has 0 aliphatic heterocycles. The van der Waals surface area contributed by atoms with Crippen molar-refractivity contribution in [1.29, 1.82) is 0 Å². The van der Waals surface area contributed by atoms with Crippen LogP contribution in [0, 0.1) is 12.0 Å². The molecular weight excluding hydrogens is 270 g/mol. The highest BCUT2D eigenvalue weighted by atomic mass is 16.1. The molecule has 116 valence electrons. The van der Waals surface area contributed by atoms with Gasteiger partial charge in [-0.3, -0.25) is 4.79 Å².